The van der Waals surface area contributed by atoms with E-state index in [4.69, 9.17) is 19.9 Å². The van der Waals surface area contributed by atoms with Gasteiger partial charge in [0.25, 0.3) is 10.9 Å². The first-order valence-corrected chi connectivity index (χ1v) is 30.2. The van der Waals surface area contributed by atoms with Crippen molar-refractivity contribution < 1.29 is 52.9 Å². The number of nitrogens with one attached hydrogen (secondary N) is 10. The molecule has 3 atom stereocenters. The molecule has 1 unspecified atom stereocenters. The van der Waals surface area contributed by atoms with Crippen molar-refractivity contribution in [1.82, 2.24) is 42.5 Å². The normalized spacial score (nSPS) is 12.8. The lowest BCUT2D eigenvalue weighted by Gasteiger charge is -2.24. The van der Waals surface area contributed by atoms with E-state index in [0.29, 0.717) is 49.1 Å². The highest BCUT2D eigenvalue weighted by Crippen LogP contribution is 2.44. The largest absolute Gasteiger partial charge is 0.508 e. The number of carbonyl (C=O) groups excluding carboxylic acids is 7. The lowest BCUT2D eigenvalue weighted by Crippen LogP contribution is -2.54. The molecule has 0 spiro atoms. The molecule has 0 fully saturated rings. The number of benzene rings is 5. The third-order valence-electron chi connectivity index (χ3n) is 14.4. The monoisotopic (exact) mass is 1250 g/mol. The first-order valence-electron chi connectivity index (χ1n) is 30.2. The molecule has 0 saturated carbocycles. The summed E-state index contributed by atoms with van der Waals surface area (Å²) in [5.74, 6) is -2.43. The maximum atomic E-state index is 14.5. The summed E-state index contributed by atoms with van der Waals surface area (Å²) in [5, 5.41) is 37.3. The highest BCUT2D eigenvalue weighted by atomic mass is 16.6. The number of urea groups is 1. The Bertz CT molecular complexity index is 3520. The minimum atomic E-state index is -1.28. The zero-order chi connectivity index (χ0) is 65.3. The summed E-state index contributed by atoms with van der Waals surface area (Å²) in [7, 11) is 0. The zero-order valence-corrected chi connectivity index (χ0v) is 51.4. The molecular formula is C66H80N12O13. The number of rotatable bonds is 32. The van der Waals surface area contributed by atoms with Gasteiger partial charge in [-0.05, 0) is 110 Å². The Kier molecular flexibility index (Phi) is 25.2. The second-order valence-electron chi connectivity index (χ2n) is 22.4. The molecule has 1 aliphatic carbocycles. The summed E-state index contributed by atoms with van der Waals surface area (Å²) in [5.41, 5.74) is 9.95. The molecule has 8 amide bonds. The number of carbonyl (C=O) groups is 7. The highest BCUT2D eigenvalue weighted by Gasteiger charge is 2.32. The maximum absolute atomic E-state index is 14.5. The van der Waals surface area contributed by atoms with Crippen molar-refractivity contribution in [3.05, 3.63) is 176 Å². The number of aromatic hydroxyl groups is 1. The highest BCUT2D eigenvalue weighted by molar-refractivity contribution is 5.93. The molecule has 7 rings (SSSR count). The first-order chi connectivity index (χ1) is 43.8. The van der Waals surface area contributed by atoms with Crippen molar-refractivity contribution in [2.75, 3.05) is 69.7 Å². The topological polar surface area (TPSA) is 360 Å². The van der Waals surface area contributed by atoms with Crippen molar-refractivity contribution in [1.29, 1.82) is 0 Å². The molecule has 482 valence electrons. The summed E-state index contributed by atoms with van der Waals surface area (Å²) < 4.78 is 17.1. The van der Waals surface area contributed by atoms with Crippen LogP contribution in [0.15, 0.2) is 142 Å². The van der Waals surface area contributed by atoms with Crippen LogP contribution in [0.25, 0.3) is 11.1 Å². The number of unbranched alkanes of at least 4 members (excludes halogenated alkanes) is 1. The smallest absolute Gasteiger partial charge is 0.408 e. The molecular weight excluding hydrogens is 1170 g/mol. The van der Waals surface area contributed by atoms with Crippen LogP contribution in [0.1, 0.15) is 99.5 Å². The molecule has 0 radical (unpaired) electrons. The van der Waals surface area contributed by atoms with Crippen LogP contribution in [0.5, 0.6) is 11.5 Å². The van der Waals surface area contributed by atoms with Gasteiger partial charge in [0.1, 0.15) is 47.2 Å². The zero-order valence-electron chi connectivity index (χ0n) is 51.4. The third kappa shape index (κ3) is 20.8. The van der Waals surface area contributed by atoms with E-state index in [0.717, 1.165) is 27.8 Å². The second-order valence-corrected chi connectivity index (χ2v) is 22.4. The van der Waals surface area contributed by atoms with Gasteiger partial charge in [-0.1, -0.05) is 110 Å². The SMILES string of the molecule is CCC(=O)NCCNC(=O)/N=C(/N)NCCC[C@@H](NC(=O)C(c1ccccc1)c1cccc(OCCCCNc2c(NCCNC(=O)[C@@H](CNC(=O)OCC3c4ccccc4-c4ccccc43)NC(=O)OC(C)(C)C)c(=O)c2=O)c1)C(=O)NCc1ccc(O)cc1. The van der Waals surface area contributed by atoms with E-state index in [2.05, 4.69) is 58.2 Å². The van der Waals surface area contributed by atoms with Crippen LogP contribution in [0, 0.1) is 0 Å². The fraction of sp³-hybridized carbons (Fsp3) is 0.364. The standard InChI is InChI=1S/C66H80N12O13/c1-5-53(80)68-32-35-73-63(86)78-62(67)72-31-16-25-51(59(83)74-38-41-26-28-44(79)29-27-41)76-61(85)54(42-17-7-6-8-18-42)43-19-15-20-45(37-43)89-36-14-13-30-69-55-56(58(82)57(55)81)70-33-34-71-60(84)52(77-65(88)91-66(2,3)4)39-75-64(87)90-40-50-48-23-11-9-21-46(48)47-22-10-12-24-49(47)50/h6-12,15,17-24,26-29,37,50-52,54,69-70,79H,5,13-14,16,25,30-36,38-40H2,1-4H3,(H,68,80)(H,71,84)(H,74,83)(H,75,87)(H,76,85)(H,77,88)(H4,67,72,73,78,86)/t51-,52-,54?/m1/s1. The molecule has 25 heteroatoms. The lowest BCUT2D eigenvalue weighted by atomic mass is 9.90. The van der Waals surface area contributed by atoms with Gasteiger partial charge in [0, 0.05) is 58.2 Å². The van der Waals surface area contributed by atoms with Crippen molar-refractivity contribution in [2.24, 2.45) is 10.7 Å². The Morgan fingerprint density at radius 2 is 1.23 bits per heavy atom. The molecule has 0 aromatic heterocycles. The van der Waals surface area contributed by atoms with Gasteiger partial charge in [-0.2, -0.15) is 4.99 Å². The van der Waals surface area contributed by atoms with Crippen LogP contribution in [-0.4, -0.2) is 130 Å². The molecule has 0 heterocycles. The number of alkyl carbamates (subject to hydrolysis) is 2. The Labute approximate surface area is 527 Å². The number of guanidine groups is 1. The third-order valence-corrected chi connectivity index (χ3v) is 14.4. The number of phenolic OH excluding ortho intramolecular Hbond substituents is 1. The van der Waals surface area contributed by atoms with Gasteiger partial charge in [0.05, 0.1) is 19.1 Å². The van der Waals surface area contributed by atoms with Crippen LogP contribution < -0.4 is 74.5 Å². The number of phenols is 1. The molecule has 6 aromatic rings. The van der Waals surface area contributed by atoms with Gasteiger partial charge in [-0.3, -0.25) is 28.8 Å². The fourth-order valence-corrected chi connectivity index (χ4v) is 9.93. The van der Waals surface area contributed by atoms with E-state index in [1.54, 1.807) is 76.2 Å². The van der Waals surface area contributed by atoms with E-state index in [-0.39, 0.29) is 100 Å². The molecule has 13 N–H and O–H groups in total. The predicted molar refractivity (Wildman–Crippen MR) is 344 cm³/mol. The Balaban J connectivity index is 0.877. The molecule has 1 aliphatic rings. The summed E-state index contributed by atoms with van der Waals surface area (Å²) in [4.78, 5) is 121. The number of fused-ring (bicyclic) bond motifs is 3. The van der Waals surface area contributed by atoms with Crippen molar-refractivity contribution in [3.8, 4) is 22.6 Å². The number of ether oxygens (including phenoxy) is 3. The van der Waals surface area contributed by atoms with Crippen molar-refractivity contribution in [2.45, 2.75) is 95.9 Å². The van der Waals surface area contributed by atoms with Crippen molar-refractivity contribution >= 4 is 59.2 Å². The first kappa shape index (κ1) is 68.0. The van der Waals surface area contributed by atoms with E-state index >= 15 is 0 Å². The van der Waals surface area contributed by atoms with E-state index in [1.807, 2.05) is 66.7 Å². The van der Waals surface area contributed by atoms with Gasteiger partial charge in [0.2, 0.25) is 23.6 Å². The van der Waals surface area contributed by atoms with E-state index < -0.39 is 70.4 Å². The van der Waals surface area contributed by atoms with Gasteiger partial charge in [-0.25, -0.2) is 14.4 Å². The number of nitrogens with zero attached hydrogens (tertiary/aromatic N) is 1. The average molecular weight is 1250 g/mol. The van der Waals surface area contributed by atoms with Crippen LogP contribution in [0.2, 0.25) is 0 Å². The quantitative estimate of drug-likeness (QED) is 0.0113. The Hall–Kier alpha value is -10.5. The number of hydrogen-bond acceptors (Lipinski definition) is 15. The van der Waals surface area contributed by atoms with Crippen LogP contribution in [0.4, 0.5) is 25.8 Å². The second kappa shape index (κ2) is 33.8. The summed E-state index contributed by atoms with van der Waals surface area (Å²) in [6, 6.07) is 35.2. The van der Waals surface area contributed by atoms with E-state index in [1.165, 1.54) is 12.1 Å². The van der Waals surface area contributed by atoms with Gasteiger partial charge < -0.3 is 78.2 Å². The molecule has 0 aliphatic heterocycles. The number of amides is 8. The number of anilines is 2. The number of aliphatic imine (C=N–C) groups is 1. The van der Waals surface area contributed by atoms with Crippen LogP contribution in [-0.2, 0) is 35.2 Å². The van der Waals surface area contributed by atoms with Gasteiger partial charge in [-0.15, -0.1) is 0 Å². The van der Waals surface area contributed by atoms with Gasteiger partial charge >= 0.3 is 18.2 Å². The summed E-state index contributed by atoms with van der Waals surface area (Å²) >= 11 is 0. The van der Waals surface area contributed by atoms with Gasteiger partial charge in [0.15, 0.2) is 5.96 Å². The Morgan fingerprint density at radius 3 is 1.91 bits per heavy atom. The predicted octanol–water partition coefficient (Wildman–Crippen LogP) is 5.07. The molecule has 0 saturated heterocycles. The molecule has 6 aromatic carbocycles. The van der Waals surface area contributed by atoms with E-state index in [9.17, 15) is 48.3 Å². The Morgan fingerprint density at radius 1 is 0.604 bits per heavy atom. The maximum Gasteiger partial charge on any atom is 0.408 e. The van der Waals surface area contributed by atoms with Crippen LogP contribution in [0.3, 0.4) is 0 Å². The fourth-order valence-electron chi connectivity index (χ4n) is 9.93. The number of nitrogens with two attached hydrogens (primary N) is 1. The molecule has 0 bridgehead atoms. The minimum absolute atomic E-state index is 0.0285. The average Bonchev–Trinajstić information content (AvgIpc) is 1.71. The molecule has 91 heavy (non-hydrogen) atoms. The number of hydrogen-bond donors (Lipinski definition) is 12. The summed E-state index contributed by atoms with van der Waals surface area (Å²) in [6.07, 6.45) is 0.159. The molecule has 25 nitrogen and oxygen atoms in total. The van der Waals surface area contributed by atoms with Crippen molar-refractivity contribution in [3.63, 3.8) is 0 Å². The lowest BCUT2D eigenvalue weighted by molar-refractivity contribution is -0.129. The minimum Gasteiger partial charge on any atom is -0.508 e. The summed E-state index contributed by atoms with van der Waals surface area (Å²) in [6.45, 7) is 7.66. The van der Waals surface area contributed by atoms with Crippen LogP contribution >= 0.6 is 0 Å².